The van der Waals surface area contributed by atoms with E-state index < -0.39 is 0 Å². The highest BCUT2D eigenvalue weighted by Gasteiger charge is 2.31. The molecule has 1 fully saturated rings. The Bertz CT molecular complexity index is 370. The Balaban J connectivity index is 1.84. The molecule has 1 aromatic rings. The fourth-order valence-corrected chi connectivity index (χ4v) is 3.69. The molecule has 2 unspecified atom stereocenters. The van der Waals surface area contributed by atoms with Crippen LogP contribution in [0.15, 0.2) is 6.20 Å². The van der Waals surface area contributed by atoms with Gasteiger partial charge in [-0.2, -0.15) is 0 Å². The van der Waals surface area contributed by atoms with Gasteiger partial charge in [-0.1, -0.05) is 20.8 Å². The molecular formula is C14H24N2S. The SMILES string of the molecule is Cc1cnc(CNC2CCC(C)(C)CC2C)s1. The molecule has 1 saturated carbocycles. The number of hydrogen-bond acceptors (Lipinski definition) is 3. The van der Waals surface area contributed by atoms with Gasteiger partial charge in [0.05, 0.1) is 0 Å². The standard InChI is InChI=1S/C14H24N2S/c1-10-7-14(3,4)6-5-12(10)15-9-13-16-8-11(2)17-13/h8,10,12,15H,5-7,9H2,1-4H3. The van der Waals surface area contributed by atoms with Gasteiger partial charge in [0.25, 0.3) is 0 Å². The van der Waals surface area contributed by atoms with Crippen LogP contribution in [0.3, 0.4) is 0 Å². The van der Waals surface area contributed by atoms with E-state index in [0.29, 0.717) is 11.5 Å². The van der Waals surface area contributed by atoms with Crippen LogP contribution >= 0.6 is 11.3 Å². The van der Waals surface area contributed by atoms with Crippen LogP contribution in [0.4, 0.5) is 0 Å². The Hall–Kier alpha value is -0.410. The Morgan fingerprint density at radius 3 is 2.88 bits per heavy atom. The van der Waals surface area contributed by atoms with E-state index in [0.717, 1.165) is 12.5 Å². The zero-order chi connectivity index (χ0) is 12.5. The summed E-state index contributed by atoms with van der Waals surface area (Å²) in [6.07, 6.45) is 5.95. The van der Waals surface area contributed by atoms with Gasteiger partial charge >= 0.3 is 0 Å². The van der Waals surface area contributed by atoms with Gasteiger partial charge in [-0.25, -0.2) is 4.98 Å². The van der Waals surface area contributed by atoms with E-state index in [1.54, 1.807) is 11.3 Å². The highest BCUT2D eigenvalue weighted by Crippen LogP contribution is 2.38. The minimum absolute atomic E-state index is 0.537. The average molecular weight is 252 g/mol. The first-order valence-corrected chi connectivity index (χ1v) is 7.43. The summed E-state index contributed by atoms with van der Waals surface area (Å²) in [6.45, 7) is 10.2. The number of thiazole rings is 1. The summed E-state index contributed by atoms with van der Waals surface area (Å²) in [5.74, 6) is 0.778. The molecule has 1 N–H and O–H groups in total. The lowest BCUT2D eigenvalue weighted by Crippen LogP contribution is -2.41. The lowest BCUT2D eigenvalue weighted by Gasteiger charge is -2.39. The van der Waals surface area contributed by atoms with Gasteiger partial charge in [0, 0.05) is 23.7 Å². The lowest BCUT2D eigenvalue weighted by atomic mass is 9.70. The van der Waals surface area contributed by atoms with Crippen molar-refractivity contribution in [3.63, 3.8) is 0 Å². The quantitative estimate of drug-likeness (QED) is 0.886. The molecule has 3 heteroatoms. The Kier molecular flexibility index (Phi) is 3.88. The molecule has 0 spiro atoms. The van der Waals surface area contributed by atoms with E-state index in [4.69, 9.17) is 0 Å². The van der Waals surface area contributed by atoms with Crippen LogP contribution in [-0.4, -0.2) is 11.0 Å². The third kappa shape index (κ3) is 3.52. The van der Waals surface area contributed by atoms with Crippen molar-refractivity contribution in [2.75, 3.05) is 0 Å². The molecule has 1 aliphatic carbocycles. The Labute approximate surface area is 109 Å². The number of rotatable bonds is 3. The maximum Gasteiger partial charge on any atom is 0.107 e. The number of nitrogens with one attached hydrogen (secondary N) is 1. The molecule has 0 saturated heterocycles. The second kappa shape index (κ2) is 5.07. The third-order valence-corrected chi connectivity index (χ3v) is 4.79. The van der Waals surface area contributed by atoms with Crippen LogP contribution in [-0.2, 0) is 6.54 Å². The van der Waals surface area contributed by atoms with Gasteiger partial charge in [0.2, 0.25) is 0 Å². The molecule has 0 radical (unpaired) electrons. The van der Waals surface area contributed by atoms with Crippen LogP contribution in [0, 0.1) is 18.3 Å². The highest BCUT2D eigenvalue weighted by atomic mass is 32.1. The van der Waals surface area contributed by atoms with Gasteiger partial charge in [0.15, 0.2) is 0 Å². The first-order valence-electron chi connectivity index (χ1n) is 6.61. The van der Waals surface area contributed by atoms with Crippen molar-refractivity contribution in [1.29, 1.82) is 0 Å². The largest absolute Gasteiger partial charge is 0.307 e. The van der Waals surface area contributed by atoms with E-state index in [1.807, 2.05) is 6.20 Å². The summed E-state index contributed by atoms with van der Waals surface area (Å²) < 4.78 is 0. The van der Waals surface area contributed by atoms with Crippen molar-refractivity contribution in [1.82, 2.24) is 10.3 Å². The molecular weight excluding hydrogens is 228 g/mol. The summed E-state index contributed by atoms with van der Waals surface area (Å²) in [4.78, 5) is 5.72. The lowest BCUT2D eigenvalue weighted by molar-refractivity contribution is 0.148. The second-order valence-electron chi connectivity index (χ2n) is 6.24. The normalized spacial score (nSPS) is 28.2. The fourth-order valence-electron chi connectivity index (χ4n) is 2.95. The molecule has 1 aromatic heterocycles. The van der Waals surface area contributed by atoms with Gasteiger partial charge in [-0.3, -0.25) is 0 Å². The van der Waals surface area contributed by atoms with Crippen molar-refractivity contribution in [3.8, 4) is 0 Å². The molecule has 0 aromatic carbocycles. The predicted molar refractivity (Wildman–Crippen MR) is 74.3 cm³/mol. The molecule has 17 heavy (non-hydrogen) atoms. The number of hydrogen-bond donors (Lipinski definition) is 1. The third-order valence-electron chi connectivity index (χ3n) is 3.88. The average Bonchev–Trinajstić information content (AvgIpc) is 2.62. The number of aromatic nitrogens is 1. The summed E-state index contributed by atoms with van der Waals surface area (Å²) >= 11 is 1.80. The van der Waals surface area contributed by atoms with E-state index in [1.165, 1.54) is 29.1 Å². The minimum Gasteiger partial charge on any atom is -0.307 e. The first kappa shape index (κ1) is 13.0. The molecule has 2 nitrogen and oxygen atoms in total. The molecule has 2 rings (SSSR count). The zero-order valence-electron chi connectivity index (χ0n) is 11.4. The van der Waals surface area contributed by atoms with E-state index in [-0.39, 0.29) is 0 Å². The smallest absolute Gasteiger partial charge is 0.107 e. The molecule has 1 aliphatic rings. The number of aryl methyl sites for hydroxylation is 1. The molecule has 1 heterocycles. The Morgan fingerprint density at radius 1 is 1.53 bits per heavy atom. The molecule has 0 amide bonds. The number of nitrogens with zero attached hydrogens (tertiary/aromatic N) is 1. The van der Waals surface area contributed by atoms with Crippen molar-refractivity contribution < 1.29 is 0 Å². The van der Waals surface area contributed by atoms with E-state index in [2.05, 4.69) is 38.0 Å². The van der Waals surface area contributed by atoms with Gasteiger partial charge in [-0.05, 0) is 37.5 Å². The highest BCUT2D eigenvalue weighted by molar-refractivity contribution is 7.11. The van der Waals surface area contributed by atoms with Crippen LogP contribution < -0.4 is 5.32 Å². The van der Waals surface area contributed by atoms with E-state index >= 15 is 0 Å². The fraction of sp³-hybridized carbons (Fsp3) is 0.786. The first-order chi connectivity index (χ1) is 7.96. The molecule has 96 valence electrons. The van der Waals surface area contributed by atoms with Crippen molar-refractivity contribution in [2.45, 2.75) is 59.5 Å². The van der Waals surface area contributed by atoms with Gasteiger partial charge in [-0.15, -0.1) is 11.3 Å². The van der Waals surface area contributed by atoms with Gasteiger partial charge in [0.1, 0.15) is 5.01 Å². The predicted octanol–water partition coefficient (Wildman–Crippen LogP) is 3.76. The van der Waals surface area contributed by atoms with Crippen molar-refractivity contribution in [2.24, 2.45) is 11.3 Å². The van der Waals surface area contributed by atoms with Crippen LogP contribution in [0.25, 0.3) is 0 Å². The summed E-state index contributed by atoms with van der Waals surface area (Å²) in [7, 11) is 0. The summed E-state index contributed by atoms with van der Waals surface area (Å²) in [5, 5.41) is 4.91. The van der Waals surface area contributed by atoms with Gasteiger partial charge < -0.3 is 5.32 Å². The van der Waals surface area contributed by atoms with Crippen LogP contribution in [0.5, 0.6) is 0 Å². The van der Waals surface area contributed by atoms with Crippen LogP contribution in [0.1, 0.15) is 49.9 Å². The van der Waals surface area contributed by atoms with Crippen molar-refractivity contribution in [3.05, 3.63) is 16.1 Å². The second-order valence-corrected chi connectivity index (χ2v) is 7.56. The topological polar surface area (TPSA) is 24.9 Å². The monoisotopic (exact) mass is 252 g/mol. The maximum absolute atomic E-state index is 4.41. The molecule has 0 aliphatic heterocycles. The minimum atomic E-state index is 0.537. The Morgan fingerprint density at radius 2 is 2.29 bits per heavy atom. The zero-order valence-corrected chi connectivity index (χ0v) is 12.2. The molecule has 0 bridgehead atoms. The summed E-state index contributed by atoms with van der Waals surface area (Å²) in [5.41, 5.74) is 0.537. The van der Waals surface area contributed by atoms with Crippen molar-refractivity contribution >= 4 is 11.3 Å². The van der Waals surface area contributed by atoms with Crippen LogP contribution in [0.2, 0.25) is 0 Å². The summed E-state index contributed by atoms with van der Waals surface area (Å²) in [6, 6.07) is 0.673. The van der Waals surface area contributed by atoms with E-state index in [9.17, 15) is 0 Å². The molecule has 2 atom stereocenters. The maximum atomic E-state index is 4.41.